The monoisotopic (exact) mass is 588 g/mol. The number of aliphatic hydroxyl groups excluding tert-OH is 2. The summed E-state index contributed by atoms with van der Waals surface area (Å²) in [4.78, 5) is 28.0. The quantitative estimate of drug-likeness (QED) is 0.125. The molecule has 2 fully saturated rings. The number of esters is 1. The largest absolute Gasteiger partial charge is 0.458 e. The molecule has 0 aromatic heterocycles. The van der Waals surface area contributed by atoms with Gasteiger partial charge in [-0.3, -0.25) is 9.59 Å². The number of ketones is 1. The third-order valence-corrected chi connectivity index (χ3v) is 11.3. The Hall–Kier alpha value is -1.54. The molecule has 0 aromatic rings. The summed E-state index contributed by atoms with van der Waals surface area (Å²) in [5.74, 6) is -1.90. The number of unbranched alkanes of at least 4 members (excludes halogenated alkanes) is 8. The van der Waals surface area contributed by atoms with E-state index in [0.717, 1.165) is 19.3 Å². The number of hydrogen-bond acceptors (Lipinski definition) is 7. The number of ether oxygens (including phenoxy) is 2. The molecule has 0 aliphatic heterocycles. The predicted octanol–water partition coefficient (Wildman–Crippen LogP) is 5.84. The van der Waals surface area contributed by atoms with E-state index in [1.807, 2.05) is 40.7 Å². The van der Waals surface area contributed by atoms with E-state index in [4.69, 9.17) is 9.47 Å². The first kappa shape index (κ1) is 33.4. The summed E-state index contributed by atoms with van der Waals surface area (Å²) in [6, 6.07) is 0. The Morgan fingerprint density at radius 3 is 2.24 bits per heavy atom. The zero-order chi connectivity index (χ0) is 30.9. The number of hydrogen-bond donors (Lipinski definition) is 3. The smallest absolute Gasteiger partial charge is 0.306 e. The van der Waals surface area contributed by atoms with Gasteiger partial charge in [-0.25, -0.2) is 0 Å². The van der Waals surface area contributed by atoms with Crippen LogP contribution < -0.4 is 0 Å². The van der Waals surface area contributed by atoms with Gasteiger partial charge in [-0.2, -0.15) is 0 Å². The van der Waals surface area contributed by atoms with Crippen LogP contribution in [-0.2, 0) is 19.1 Å². The Labute approximate surface area is 253 Å². The molecule has 2 bridgehead atoms. The summed E-state index contributed by atoms with van der Waals surface area (Å²) < 4.78 is 12.5. The molecule has 0 aromatic carbocycles. The SMILES string of the molecule is CCCCCCCCCCCC(=O)O[C@@]12C[C@@H](C)[C@]34C=C(C)[C@H](OCCC)[C@@]3(O)[C@H](O)C(CO)=C[C@H](C4=O)[C@@H]1C2(C)C. The number of aliphatic hydroxyl groups is 3. The van der Waals surface area contributed by atoms with Gasteiger partial charge in [0.1, 0.15) is 23.4 Å². The highest BCUT2D eigenvalue weighted by Gasteiger charge is 2.83. The standard InChI is InChI=1S/C35H56O7/c1-7-9-10-11-12-13-14-15-16-17-27(37)42-34-21-24(4)33-20-23(3)31(41-18-8-2)35(33,40)29(38)25(22-36)19-26(30(33)39)28(34)32(34,5)6/h19-20,24,26,28-29,31,36,38,40H,7-18,21-22H2,1-6H3/t24-,26+,28-,29-,31+,33+,34+,35+/m1/s1. The molecule has 8 atom stereocenters. The summed E-state index contributed by atoms with van der Waals surface area (Å²) in [5.41, 5.74) is -3.83. The van der Waals surface area contributed by atoms with Gasteiger partial charge >= 0.3 is 5.97 Å². The molecule has 0 amide bonds. The molecule has 4 aliphatic carbocycles. The van der Waals surface area contributed by atoms with E-state index < -0.39 is 52.7 Å². The van der Waals surface area contributed by atoms with Crippen molar-refractivity contribution in [1.29, 1.82) is 0 Å². The maximum absolute atomic E-state index is 14.7. The minimum absolute atomic E-state index is 0.186. The van der Waals surface area contributed by atoms with E-state index in [0.29, 0.717) is 31.4 Å². The number of Topliss-reactive ketones (excluding diaryl/α,β-unsaturated/α-hetero) is 1. The number of fused-ring (bicyclic) bond motifs is 3. The molecule has 2 saturated carbocycles. The fraction of sp³-hybridized carbons (Fsp3) is 0.829. The lowest BCUT2D eigenvalue weighted by atomic mass is 9.59. The van der Waals surface area contributed by atoms with Crippen LogP contribution in [-0.4, -0.2) is 63.7 Å². The van der Waals surface area contributed by atoms with Crippen molar-refractivity contribution in [2.75, 3.05) is 13.2 Å². The first-order chi connectivity index (χ1) is 19.9. The molecule has 4 aliphatic rings. The highest BCUT2D eigenvalue weighted by Crippen LogP contribution is 2.75. The lowest BCUT2D eigenvalue weighted by Crippen LogP contribution is -2.65. The summed E-state index contributed by atoms with van der Waals surface area (Å²) in [6.45, 7) is 11.9. The van der Waals surface area contributed by atoms with Crippen molar-refractivity contribution in [3.05, 3.63) is 23.3 Å². The minimum atomic E-state index is -1.98. The van der Waals surface area contributed by atoms with Gasteiger partial charge in [-0.1, -0.05) is 98.1 Å². The molecule has 238 valence electrons. The molecule has 1 spiro atoms. The van der Waals surface area contributed by atoms with E-state index in [-0.39, 0.29) is 23.2 Å². The Balaban J connectivity index is 1.56. The first-order valence-corrected chi connectivity index (χ1v) is 16.7. The zero-order valence-corrected chi connectivity index (χ0v) is 26.9. The van der Waals surface area contributed by atoms with Crippen LogP contribution in [0.15, 0.2) is 23.3 Å². The van der Waals surface area contributed by atoms with Crippen LogP contribution >= 0.6 is 0 Å². The molecule has 4 rings (SSSR count). The van der Waals surface area contributed by atoms with Crippen LogP contribution in [0.2, 0.25) is 0 Å². The average molecular weight is 589 g/mol. The second kappa shape index (κ2) is 12.8. The molecule has 3 N–H and O–H groups in total. The fourth-order valence-electron chi connectivity index (χ4n) is 9.04. The van der Waals surface area contributed by atoms with Crippen LogP contribution in [0.4, 0.5) is 0 Å². The van der Waals surface area contributed by atoms with E-state index in [1.54, 1.807) is 6.08 Å². The summed E-state index contributed by atoms with van der Waals surface area (Å²) in [5, 5.41) is 34.5. The van der Waals surface area contributed by atoms with Gasteiger partial charge in [0.2, 0.25) is 0 Å². The molecule has 0 saturated heterocycles. The second-order valence-corrected chi connectivity index (χ2v) is 14.3. The third kappa shape index (κ3) is 5.14. The summed E-state index contributed by atoms with van der Waals surface area (Å²) in [7, 11) is 0. The Bertz CT molecular complexity index is 1060. The number of carbonyl (C=O) groups excluding carboxylic acids is 2. The topological polar surface area (TPSA) is 113 Å². The zero-order valence-electron chi connectivity index (χ0n) is 26.9. The van der Waals surface area contributed by atoms with E-state index in [9.17, 15) is 24.9 Å². The van der Waals surface area contributed by atoms with E-state index in [1.165, 1.54) is 38.5 Å². The van der Waals surface area contributed by atoms with Gasteiger partial charge in [-0.15, -0.1) is 0 Å². The predicted molar refractivity (Wildman–Crippen MR) is 163 cm³/mol. The number of allylic oxidation sites excluding steroid dienone is 1. The molecular weight excluding hydrogens is 532 g/mol. The van der Waals surface area contributed by atoms with E-state index in [2.05, 4.69) is 6.92 Å². The van der Waals surface area contributed by atoms with E-state index >= 15 is 0 Å². The van der Waals surface area contributed by atoms with Crippen molar-refractivity contribution in [1.82, 2.24) is 0 Å². The summed E-state index contributed by atoms with van der Waals surface area (Å²) >= 11 is 0. The molecule has 0 unspecified atom stereocenters. The first-order valence-electron chi connectivity index (χ1n) is 16.7. The molecule has 0 heterocycles. The molecular formula is C35H56O7. The van der Waals surface area contributed by atoms with Crippen LogP contribution in [0.25, 0.3) is 0 Å². The van der Waals surface area contributed by atoms with Crippen molar-refractivity contribution >= 4 is 11.8 Å². The average Bonchev–Trinajstić information content (AvgIpc) is 3.33. The fourth-order valence-corrected chi connectivity index (χ4v) is 9.04. The highest BCUT2D eigenvalue weighted by atomic mass is 16.6. The lowest BCUT2D eigenvalue weighted by Gasteiger charge is -2.49. The maximum Gasteiger partial charge on any atom is 0.306 e. The second-order valence-electron chi connectivity index (χ2n) is 14.3. The van der Waals surface area contributed by atoms with Crippen molar-refractivity contribution < 1.29 is 34.4 Å². The molecule has 42 heavy (non-hydrogen) atoms. The Kier molecular flexibility index (Phi) is 10.2. The third-order valence-electron chi connectivity index (χ3n) is 11.3. The molecule has 7 nitrogen and oxygen atoms in total. The van der Waals surface area contributed by atoms with Crippen molar-refractivity contribution in [3.8, 4) is 0 Å². The van der Waals surface area contributed by atoms with Gasteiger partial charge in [-0.05, 0) is 43.3 Å². The van der Waals surface area contributed by atoms with Crippen LogP contribution in [0.5, 0.6) is 0 Å². The minimum Gasteiger partial charge on any atom is -0.458 e. The van der Waals surface area contributed by atoms with Crippen molar-refractivity contribution in [2.24, 2.45) is 28.6 Å². The Morgan fingerprint density at radius 2 is 1.64 bits per heavy atom. The van der Waals surface area contributed by atoms with Gasteiger partial charge < -0.3 is 24.8 Å². The van der Waals surface area contributed by atoms with Crippen molar-refractivity contribution in [2.45, 2.75) is 142 Å². The van der Waals surface area contributed by atoms with Crippen LogP contribution in [0.3, 0.4) is 0 Å². The maximum atomic E-state index is 14.7. The lowest BCUT2D eigenvalue weighted by molar-refractivity contribution is -0.201. The summed E-state index contributed by atoms with van der Waals surface area (Å²) in [6.07, 6.45) is 13.1. The normalized spacial score (nSPS) is 38.1. The highest BCUT2D eigenvalue weighted by molar-refractivity contribution is 5.95. The van der Waals surface area contributed by atoms with Gasteiger partial charge in [0, 0.05) is 30.3 Å². The number of rotatable bonds is 15. The van der Waals surface area contributed by atoms with Crippen LogP contribution in [0.1, 0.15) is 119 Å². The van der Waals surface area contributed by atoms with Gasteiger partial charge in [0.05, 0.1) is 12.0 Å². The Morgan fingerprint density at radius 1 is 1.02 bits per heavy atom. The molecule has 0 radical (unpaired) electrons. The van der Waals surface area contributed by atoms with Gasteiger partial charge in [0.25, 0.3) is 0 Å². The molecule has 7 heteroatoms. The number of carbonyl (C=O) groups is 2. The van der Waals surface area contributed by atoms with Gasteiger partial charge in [0.15, 0.2) is 5.78 Å². The van der Waals surface area contributed by atoms with Crippen LogP contribution in [0, 0.1) is 28.6 Å². The van der Waals surface area contributed by atoms with Crippen molar-refractivity contribution in [3.63, 3.8) is 0 Å².